The number of nitrogens with zero attached hydrogens (tertiary/aromatic N) is 1. The Morgan fingerprint density at radius 3 is 3.57 bits per heavy atom. The van der Waals surface area contributed by atoms with Crippen LogP contribution in [0.5, 0.6) is 0 Å². The summed E-state index contributed by atoms with van der Waals surface area (Å²) >= 11 is 0. The summed E-state index contributed by atoms with van der Waals surface area (Å²) in [6.45, 7) is 0. The predicted octanol–water partition coefficient (Wildman–Crippen LogP) is 1.11. The highest BCUT2D eigenvalue weighted by Crippen LogP contribution is 1.91. The fourth-order valence-corrected chi connectivity index (χ4v) is 0.351. The topological polar surface area (TPSA) is 21.6 Å². The molecule has 1 rings (SSSR count). The highest BCUT2D eigenvalue weighted by molar-refractivity contribution is 5.58. The molecule has 0 atom stereocenters. The lowest BCUT2D eigenvalue weighted by Gasteiger charge is -1.77. The van der Waals surface area contributed by atoms with E-state index < -0.39 is 0 Å². The third-order valence-electron chi connectivity index (χ3n) is 0.652. The maximum atomic E-state index is 4.55. The molecule has 1 aliphatic heterocycles. The zero-order chi connectivity index (χ0) is 4.95. The first-order chi connectivity index (χ1) is 3.50. The summed E-state index contributed by atoms with van der Waals surface area (Å²) in [6.07, 6.45) is 7.92. The van der Waals surface area contributed by atoms with Gasteiger partial charge in [0.1, 0.15) is 6.26 Å². The first-order valence-electron chi connectivity index (χ1n) is 2.16. The molecule has 0 bridgehead atoms. The van der Waals surface area contributed by atoms with Gasteiger partial charge in [0.15, 0.2) is 0 Å². The van der Waals surface area contributed by atoms with Crippen LogP contribution in [0.4, 0.5) is 0 Å². The SMILES string of the molecule is [CH]1C=CON=CC1. The van der Waals surface area contributed by atoms with E-state index in [1.54, 1.807) is 12.5 Å². The molecule has 0 unspecified atom stereocenters. The standard InChI is InChI=1S/C5H6NO/c1-2-4-6-7-5-3-1/h1,3-5H,2H2. The molecule has 0 aromatic rings. The van der Waals surface area contributed by atoms with Crippen molar-refractivity contribution in [1.29, 1.82) is 0 Å². The number of hydrogen-bond donors (Lipinski definition) is 0. The molecule has 0 aromatic carbocycles. The fourth-order valence-electron chi connectivity index (χ4n) is 0.351. The Kier molecular flexibility index (Phi) is 1.50. The minimum absolute atomic E-state index is 0.872. The molecule has 0 amide bonds. The highest BCUT2D eigenvalue weighted by atomic mass is 16.6. The Hall–Kier alpha value is -0.790. The monoisotopic (exact) mass is 96.0 g/mol. The van der Waals surface area contributed by atoms with Crippen LogP contribution in [0.15, 0.2) is 17.5 Å². The van der Waals surface area contributed by atoms with E-state index in [2.05, 4.69) is 9.99 Å². The molecule has 0 aliphatic carbocycles. The summed E-state index contributed by atoms with van der Waals surface area (Å²) in [7, 11) is 0. The van der Waals surface area contributed by atoms with E-state index in [4.69, 9.17) is 0 Å². The lowest BCUT2D eigenvalue weighted by molar-refractivity contribution is 0.271. The molecule has 0 spiro atoms. The average Bonchev–Trinajstić information content (AvgIpc) is 1.90. The molecule has 0 N–H and O–H groups in total. The van der Waals surface area contributed by atoms with Gasteiger partial charge in [-0.2, -0.15) is 0 Å². The second kappa shape index (κ2) is 2.39. The fraction of sp³-hybridized carbons (Fsp3) is 0.200. The molecule has 1 heterocycles. The predicted molar refractivity (Wildman–Crippen MR) is 27.6 cm³/mol. The zero-order valence-corrected chi connectivity index (χ0v) is 3.87. The van der Waals surface area contributed by atoms with Crippen molar-refractivity contribution in [2.75, 3.05) is 0 Å². The molecule has 1 radical (unpaired) electrons. The molecule has 0 aromatic heterocycles. The van der Waals surface area contributed by atoms with E-state index in [1.165, 1.54) is 0 Å². The van der Waals surface area contributed by atoms with Gasteiger partial charge in [-0.05, 0) is 18.9 Å². The zero-order valence-electron chi connectivity index (χ0n) is 3.87. The Morgan fingerprint density at radius 2 is 2.57 bits per heavy atom. The molecular weight excluding hydrogens is 90.1 g/mol. The van der Waals surface area contributed by atoms with Crippen molar-refractivity contribution in [3.8, 4) is 0 Å². The van der Waals surface area contributed by atoms with E-state index in [1.807, 2.05) is 12.5 Å². The minimum atomic E-state index is 0.872. The summed E-state index contributed by atoms with van der Waals surface area (Å²) in [5.41, 5.74) is 0. The minimum Gasteiger partial charge on any atom is -0.366 e. The van der Waals surface area contributed by atoms with E-state index in [0.29, 0.717) is 0 Å². The van der Waals surface area contributed by atoms with Crippen molar-refractivity contribution in [3.05, 3.63) is 18.8 Å². The van der Waals surface area contributed by atoms with Crippen LogP contribution in [-0.4, -0.2) is 6.21 Å². The molecular formula is C5H6NO. The van der Waals surface area contributed by atoms with Gasteiger partial charge in [0, 0.05) is 6.21 Å². The van der Waals surface area contributed by atoms with Crippen LogP contribution in [0.3, 0.4) is 0 Å². The van der Waals surface area contributed by atoms with Crippen LogP contribution >= 0.6 is 0 Å². The molecule has 0 saturated heterocycles. The molecule has 2 heteroatoms. The van der Waals surface area contributed by atoms with Gasteiger partial charge in [0.2, 0.25) is 0 Å². The molecule has 0 fully saturated rings. The Bertz CT molecular complexity index is 84.3. The van der Waals surface area contributed by atoms with Gasteiger partial charge in [-0.25, -0.2) is 0 Å². The van der Waals surface area contributed by atoms with Crippen molar-refractivity contribution in [2.24, 2.45) is 5.16 Å². The number of rotatable bonds is 0. The van der Waals surface area contributed by atoms with Crippen LogP contribution in [-0.2, 0) is 4.84 Å². The van der Waals surface area contributed by atoms with Gasteiger partial charge >= 0.3 is 0 Å². The van der Waals surface area contributed by atoms with Crippen molar-refractivity contribution in [1.82, 2.24) is 0 Å². The van der Waals surface area contributed by atoms with Crippen LogP contribution in [0, 0.1) is 6.42 Å². The van der Waals surface area contributed by atoms with E-state index in [0.717, 1.165) is 6.42 Å². The molecule has 7 heavy (non-hydrogen) atoms. The lowest BCUT2D eigenvalue weighted by Crippen LogP contribution is -1.68. The van der Waals surface area contributed by atoms with Gasteiger partial charge in [-0.15, -0.1) is 0 Å². The Balaban J connectivity index is 2.38. The van der Waals surface area contributed by atoms with Crippen molar-refractivity contribution in [2.45, 2.75) is 6.42 Å². The molecule has 2 nitrogen and oxygen atoms in total. The number of allylic oxidation sites excluding steroid dienone is 1. The second-order valence-corrected chi connectivity index (χ2v) is 1.19. The van der Waals surface area contributed by atoms with Crippen LogP contribution in [0.2, 0.25) is 0 Å². The molecule has 0 saturated carbocycles. The van der Waals surface area contributed by atoms with Gasteiger partial charge in [-0.3, -0.25) is 0 Å². The summed E-state index contributed by atoms with van der Waals surface area (Å²) in [5.74, 6) is 0. The third kappa shape index (κ3) is 1.39. The maximum absolute atomic E-state index is 4.55. The van der Waals surface area contributed by atoms with Gasteiger partial charge in [-0.1, -0.05) is 5.16 Å². The van der Waals surface area contributed by atoms with Gasteiger partial charge < -0.3 is 4.84 Å². The number of oxime groups is 1. The van der Waals surface area contributed by atoms with E-state index in [9.17, 15) is 0 Å². The van der Waals surface area contributed by atoms with Crippen LogP contribution in [0.25, 0.3) is 0 Å². The third-order valence-corrected chi connectivity index (χ3v) is 0.652. The number of hydrogen-bond acceptors (Lipinski definition) is 2. The molecule has 1 aliphatic rings. The summed E-state index contributed by atoms with van der Waals surface area (Å²) in [5, 5.41) is 3.53. The van der Waals surface area contributed by atoms with Crippen molar-refractivity contribution in [3.63, 3.8) is 0 Å². The lowest BCUT2D eigenvalue weighted by atomic mass is 10.3. The maximum Gasteiger partial charge on any atom is 0.118 e. The summed E-state index contributed by atoms with van der Waals surface area (Å²) < 4.78 is 0. The summed E-state index contributed by atoms with van der Waals surface area (Å²) in [4.78, 5) is 4.55. The Labute approximate surface area is 42.5 Å². The van der Waals surface area contributed by atoms with Gasteiger partial charge in [0.05, 0.1) is 0 Å². The van der Waals surface area contributed by atoms with Crippen molar-refractivity contribution >= 4 is 6.21 Å². The summed E-state index contributed by atoms with van der Waals surface area (Å²) in [6, 6.07) is 0. The Morgan fingerprint density at radius 1 is 1.57 bits per heavy atom. The normalized spacial score (nSPS) is 18.3. The van der Waals surface area contributed by atoms with Gasteiger partial charge in [0.25, 0.3) is 0 Å². The van der Waals surface area contributed by atoms with Crippen LogP contribution in [0.1, 0.15) is 6.42 Å². The first-order valence-corrected chi connectivity index (χ1v) is 2.16. The van der Waals surface area contributed by atoms with Crippen molar-refractivity contribution < 1.29 is 4.84 Å². The van der Waals surface area contributed by atoms with E-state index >= 15 is 0 Å². The van der Waals surface area contributed by atoms with Crippen LogP contribution < -0.4 is 0 Å². The highest BCUT2D eigenvalue weighted by Gasteiger charge is 1.81. The molecule has 37 valence electrons. The largest absolute Gasteiger partial charge is 0.366 e. The second-order valence-electron chi connectivity index (χ2n) is 1.19. The average molecular weight is 96.1 g/mol. The quantitative estimate of drug-likeness (QED) is 0.442. The van der Waals surface area contributed by atoms with E-state index in [-0.39, 0.29) is 0 Å². The smallest absolute Gasteiger partial charge is 0.118 e. The first kappa shape index (κ1) is 4.37.